The molecular weight excluding hydrogens is 415 g/mol. The molecule has 0 aliphatic carbocycles. The Balaban J connectivity index is 0.00000242. The number of nitrogens with zero attached hydrogens (tertiary/aromatic N) is 2. The first-order chi connectivity index (χ1) is 10.2. The van der Waals surface area contributed by atoms with Crippen molar-refractivity contribution in [3.63, 3.8) is 0 Å². The van der Waals surface area contributed by atoms with E-state index >= 15 is 0 Å². The predicted octanol–water partition coefficient (Wildman–Crippen LogP) is 3.37. The maximum Gasteiger partial charge on any atom is 0.191 e. The fourth-order valence-corrected chi connectivity index (χ4v) is 2.04. The minimum Gasteiger partial charge on any atom is -0.359 e. The average Bonchev–Trinajstić information content (AvgIpc) is 2.95. The maximum atomic E-state index is 5.96. The van der Waals surface area contributed by atoms with Gasteiger partial charge in [-0.15, -0.1) is 24.0 Å². The van der Waals surface area contributed by atoms with Gasteiger partial charge in [0.1, 0.15) is 0 Å². The molecule has 0 radical (unpaired) electrons. The van der Waals surface area contributed by atoms with Crippen molar-refractivity contribution in [2.75, 3.05) is 7.05 Å². The second-order valence-corrected chi connectivity index (χ2v) is 4.98. The summed E-state index contributed by atoms with van der Waals surface area (Å²) in [4.78, 5) is 4.17. The molecule has 1 aromatic carbocycles. The molecule has 0 aliphatic heterocycles. The van der Waals surface area contributed by atoms with Crippen molar-refractivity contribution < 1.29 is 4.52 Å². The number of rotatable bonds is 5. The van der Waals surface area contributed by atoms with Crippen molar-refractivity contribution in [2.45, 2.75) is 26.4 Å². The highest BCUT2D eigenvalue weighted by Crippen LogP contribution is 2.10. The van der Waals surface area contributed by atoms with Crippen LogP contribution in [0.1, 0.15) is 23.9 Å². The van der Waals surface area contributed by atoms with Crippen LogP contribution in [-0.2, 0) is 19.5 Å². The fraction of sp³-hybridized carbons (Fsp3) is 0.333. The van der Waals surface area contributed by atoms with Crippen molar-refractivity contribution in [2.24, 2.45) is 4.99 Å². The Kier molecular flexibility index (Phi) is 8.26. The third-order valence-corrected chi connectivity index (χ3v) is 3.21. The highest BCUT2D eigenvalue weighted by Gasteiger charge is 2.04. The number of aryl methyl sites for hydroxylation is 1. The lowest BCUT2D eigenvalue weighted by molar-refractivity contribution is 0.374. The molecule has 1 aromatic heterocycles. The van der Waals surface area contributed by atoms with E-state index in [9.17, 15) is 0 Å². The van der Waals surface area contributed by atoms with E-state index in [1.54, 1.807) is 7.05 Å². The van der Waals surface area contributed by atoms with Crippen LogP contribution in [0.5, 0.6) is 0 Å². The number of benzene rings is 1. The van der Waals surface area contributed by atoms with Gasteiger partial charge in [0.05, 0.1) is 12.2 Å². The van der Waals surface area contributed by atoms with Crippen LogP contribution >= 0.6 is 35.6 Å². The van der Waals surface area contributed by atoms with Gasteiger partial charge in [-0.2, -0.15) is 0 Å². The monoisotopic (exact) mass is 434 g/mol. The number of hydrogen-bond donors (Lipinski definition) is 2. The Morgan fingerprint density at radius 2 is 2.05 bits per heavy atom. The molecule has 0 saturated carbocycles. The van der Waals surface area contributed by atoms with Gasteiger partial charge in [0.15, 0.2) is 11.7 Å². The smallest absolute Gasteiger partial charge is 0.191 e. The van der Waals surface area contributed by atoms with Gasteiger partial charge in [-0.25, -0.2) is 0 Å². The summed E-state index contributed by atoms with van der Waals surface area (Å²) in [5, 5.41) is 11.1. The van der Waals surface area contributed by atoms with Gasteiger partial charge in [0.25, 0.3) is 0 Å². The van der Waals surface area contributed by atoms with E-state index in [1.807, 2.05) is 37.3 Å². The fourth-order valence-electron chi connectivity index (χ4n) is 1.83. The number of halogens is 2. The molecule has 1 heterocycles. The molecule has 0 spiro atoms. The molecule has 120 valence electrons. The summed E-state index contributed by atoms with van der Waals surface area (Å²) in [6, 6.07) is 9.66. The third kappa shape index (κ3) is 5.84. The normalized spacial score (nSPS) is 11.0. The van der Waals surface area contributed by atoms with E-state index in [-0.39, 0.29) is 24.0 Å². The van der Waals surface area contributed by atoms with E-state index in [0.717, 1.165) is 28.5 Å². The van der Waals surface area contributed by atoms with E-state index in [2.05, 4.69) is 20.8 Å². The number of aliphatic imine (C=N–C) groups is 1. The molecule has 2 N–H and O–H groups in total. The van der Waals surface area contributed by atoms with E-state index < -0.39 is 0 Å². The first kappa shape index (κ1) is 18.8. The second-order valence-electron chi connectivity index (χ2n) is 4.55. The van der Waals surface area contributed by atoms with E-state index in [0.29, 0.717) is 19.0 Å². The number of guanidine groups is 1. The van der Waals surface area contributed by atoms with E-state index in [4.69, 9.17) is 16.1 Å². The van der Waals surface area contributed by atoms with Gasteiger partial charge in [-0.3, -0.25) is 4.99 Å². The minimum absolute atomic E-state index is 0. The molecule has 2 rings (SSSR count). The van der Waals surface area contributed by atoms with Crippen molar-refractivity contribution in [3.8, 4) is 0 Å². The van der Waals surface area contributed by atoms with Crippen LogP contribution in [0.2, 0.25) is 5.02 Å². The third-order valence-electron chi connectivity index (χ3n) is 2.97. The van der Waals surface area contributed by atoms with Crippen molar-refractivity contribution in [3.05, 3.63) is 52.4 Å². The summed E-state index contributed by atoms with van der Waals surface area (Å²) in [5.74, 6) is 1.49. The van der Waals surface area contributed by atoms with Crippen LogP contribution < -0.4 is 10.6 Å². The van der Waals surface area contributed by atoms with Crippen LogP contribution in [0, 0.1) is 0 Å². The lowest BCUT2D eigenvalue weighted by Gasteiger charge is -2.10. The molecule has 2 aromatic rings. The van der Waals surface area contributed by atoms with Gasteiger partial charge in [-0.1, -0.05) is 35.8 Å². The Labute approximate surface area is 152 Å². The number of aromatic nitrogens is 1. The summed E-state index contributed by atoms with van der Waals surface area (Å²) in [6.07, 6.45) is 0.866. The molecule has 7 heteroatoms. The topological polar surface area (TPSA) is 62.5 Å². The predicted molar refractivity (Wildman–Crippen MR) is 99.8 cm³/mol. The standard InChI is InChI=1S/C15H19ClN4O.HI/c1-3-13-8-14(21-20-13)10-19-15(17-2)18-9-11-5-4-6-12(16)7-11;/h4-8H,3,9-10H2,1-2H3,(H2,17,18,19);1H. The molecule has 0 aliphatic rings. The van der Waals surface area contributed by atoms with Crippen LogP contribution in [0.25, 0.3) is 0 Å². The first-order valence-corrected chi connectivity index (χ1v) is 7.22. The quantitative estimate of drug-likeness (QED) is 0.430. The second kappa shape index (κ2) is 9.68. The summed E-state index contributed by atoms with van der Waals surface area (Å²) >= 11 is 5.96. The lowest BCUT2D eigenvalue weighted by atomic mass is 10.2. The largest absolute Gasteiger partial charge is 0.359 e. The summed E-state index contributed by atoms with van der Waals surface area (Å²) in [6.45, 7) is 3.24. The minimum atomic E-state index is 0. The van der Waals surface area contributed by atoms with Crippen molar-refractivity contribution >= 4 is 41.5 Å². The summed E-state index contributed by atoms with van der Waals surface area (Å²) < 4.78 is 5.22. The molecule has 0 amide bonds. The SMILES string of the molecule is CCc1cc(CNC(=NC)NCc2cccc(Cl)c2)on1.I. The van der Waals surface area contributed by atoms with Gasteiger partial charge in [-0.05, 0) is 24.1 Å². The van der Waals surface area contributed by atoms with Gasteiger partial charge < -0.3 is 15.2 Å². The molecule has 0 atom stereocenters. The summed E-state index contributed by atoms with van der Waals surface area (Å²) in [7, 11) is 1.73. The highest BCUT2D eigenvalue weighted by molar-refractivity contribution is 14.0. The van der Waals surface area contributed by atoms with Gasteiger partial charge in [0.2, 0.25) is 0 Å². The zero-order chi connectivity index (χ0) is 15.1. The average molecular weight is 435 g/mol. The number of hydrogen-bond acceptors (Lipinski definition) is 3. The molecule has 22 heavy (non-hydrogen) atoms. The first-order valence-electron chi connectivity index (χ1n) is 6.84. The Bertz CT molecular complexity index is 615. The molecule has 0 fully saturated rings. The molecule has 0 bridgehead atoms. The Morgan fingerprint density at radius 1 is 1.27 bits per heavy atom. The maximum absolute atomic E-state index is 5.96. The highest BCUT2D eigenvalue weighted by atomic mass is 127. The van der Waals surface area contributed by atoms with Crippen LogP contribution in [0.3, 0.4) is 0 Å². The molecule has 5 nitrogen and oxygen atoms in total. The summed E-state index contributed by atoms with van der Waals surface area (Å²) in [5.41, 5.74) is 2.05. The Morgan fingerprint density at radius 3 is 2.68 bits per heavy atom. The molecule has 0 unspecified atom stereocenters. The zero-order valence-electron chi connectivity index (χ0n) is 12.6. The van der Waals surface area contributed by atoms with E-state index in [1.165, 1.54) is 0 Å². The lowest BCUT2D eigenvalue weighted by Crippen LogP contribution is -2.36. The number of nitrogens with one attached hydrogen (secondary N) is 2. The van der Waals surface area contributed by atoms with Crippen LogP contribution in [0.4, 0.5) is 0 Å². The molecular formula is C15H20ClIN4O. The van der Waals surface area contributed by atoms with Gasteiger partial charge in [0, 0.05) is 24.7 Å². The van der Waals surface area contributed by atoms with Crippen LogP contribution in [-0.4, -0.2) is 18.2 Å². The zero-order valence-corrected chi connectivity index (χ0v) is 15.7. The molecule has 0 saturated heterocycles. The van der Waals surface area contributed by atoms with Crippen molar-refractivity contribution in [1.29, 1.82) is 0 Å². The Hall–Kier alpha value is -1.28. The van der Waals surface area contributed by atoms with Crippen LogP contribution in [0.15, 0.2) is 39.8 Å². The van der Waals surface area contributed by atoms with Crippen molar-refractivity contribution in [1.82, 2.24) is 15.8 Å². The van der Waals surface area contributed by atoms with Gasteiger partial charge >= 0.3 is 0 Å².